The van der Waals surface area contributed by atoms with Gasteiger partial charge in [-0.2, -0.15) is 0 Å². The summed E-state index contributed by atoms with van der Waals surface area (Å²) in [5.41, 5.74) is 0. The molecule has 1 saturated heterocycles. The highest BCUT2D eigenvalue weighted by atomic mass is 16.7. The van der Waals surface area contributed by atoms with Gasteiger partial charge in [0.25, 0.3) is 0 Å². The molecule has 0 bridgehead atoms. The van der Waals surface area contributed by atoms with Crippen molar-refractivity contribution < 1.29 is 44.9 Å². The van der Waals surface area contributed by atoms with E-state index in [-0.39, 0.29) is 6.61 Å². The molecular weight excluding hydrogens is 614 g/mol. The van der Waals surface area contributed by atoms with Gasteiger partial charge in [-0.3, -0.25) is 4.79 Å². The Labute approximate surface area is 291 Å². The molecule has 282 valence electrons. The van der Waals surface area contributed by atoms with Gasteiger partial charge in [0.2, 0.25) is 5.91 Å². The van der Waals surface area contributed by atoms with Crippen molar-refractivity contribution in [1.82, 2.24) is 5.32 Å². The van der Waals surface area contributed by atoms with E-state index in [1.165, 1.54) is 83.5 Å². The van der Waals surface area contributed by atoms with E-state index < -0.39 is 61.5 Å². The maximum atomic E-state index is 12.9. The van der Waals surface area contributed by atoms with Crippen molar-refractivity contribution in [3.63, 3.8) is 0 Å². The van der Waals surface area contributed by atoms with Gasteiger partial charge in [0.05, 0.1) is 25.4 Å². The Balaban J connectivity index is 2.57. The number of rotatable bonds is 30. The predicted octanol–water partition coefficient (Wildman–Crippen LogP) is 5.35. The van der Waals surface area contributed by atoms with Gasteiger partial charge in [-0.1, -0.05) is 141 Å². The van der Waals surface area contributed by atoms with Crippen molar-refractivity contribution in [2.45, 2.75) is 198 Å². The van der Waals surface area contributed by atoms with E-state index in [1.54, 1.807) is 6.08 Å². The standard InChI is InChI=1S/C38H71NO9/c1-3-5-7-9-11-13-14-15-16-17-19-20-22-24-26-31(41)30(29-47-38-36(45)35(44)34(43)33(28-40)48-38)39-37(46)32(42)27-25-23-21-18-12-10-8-6-4-2/h17,19,24,26,30-36,38,40-45H,3-16,18,20-23,25,27-29H2,1-2H3,(H,39,46)/b19-17+,26-24+. The lowest BCUT2D eigenvalue weighted by Crippen LogP contribution is -2.60. The number of carbonyl (C=O) groups excluding carboxylic acids is 1. The molecule has 1 aliphatic rings. The summed E-state index contributed by atoms with van der Waals surface area (Å²) in [5.74, 6) is -0.631. The number of nitrogens with one attached hydrogen (secondary N) is 1. The molecule has 1 aliphatic heterocycles. The molecule has 0 aliphatic carbocycles. The fourth-order valence-corrected chi connectivity index (χ4v) is 5.88. The molecule has 1 amide bonds. The second-order valence-corrected chi connectivity index (χ2v) is 13.5. The maximum absolute atomic E-state index is 12.9. The number of hydrogen-bond acceptors (Lipinski definition) is 9. The Hall–Kier alpha value is -1.37. The lowest BCUT2D eigenvalue weighted by molar-refractivity contribution is -0.302. The van der Waals surface area contributed by atoms with Gasteiger partial charge in [-0.25, -0.2) is 0 Å². The van der Waals surface area contributed by atoms with Crippen LogP contribution in [0.25, 0.3) is 0 Å². The molecule has 8 atom stereocenters. The highest BCUT2D eigenvalue weighted by Crippen LogP contribution is 2.22. The topological polar surface area (TPSA) is 169 Å². The van der Waals surface area contributed by atoms with E-state index in [0.717, 1.165) is 32.1 Å². The molecule has 10 heteroatoms. The molecule has 0 aromatic rings. The Morgan fingerprint density at radius 2 is 1.23 bits per heavy atom. The molecule has 8 unspecified atom stereocenters. The number of ether oxygens (including phenoxy) is 2. The van der Waals surface area contributed by atoms with E-state index in [0.29, 0.717) is 19.3 Å². The van der Waals surface area contributed by atoms with Crippen LogP contribution in [0.3, 0.4) is 0 Å². The fourth-order valence-electron chi connectivity index (χ4n) is 5.88. The van der Waals surface area contributed by atoms with Crippen molar-refractivity contribution in [3.05, 3.63) is 24.3 Å². The van der Waals surface area contributed by atoms with E-state index in [1.807, 2.05) is 6.08 Å². The van der Waals surface area contributed by atoms with Crippen molar-refractivity contribution in [2.75, 3.05) is 13.2 Å². The third-order valence-electron chi connectivity index (χ3n) is 9.14. The average Bonchev–Trinajstić information content (AvgIpc) is 3.08. The van der Waals surface area contributed by atoms with Gasteiger partial charge < -0.3 is 45.4 Å². The molecule has 10 nitrogen and oxygen atoms in total. The summed E-state index contributed by atoms with van der Waals surface area (Å²) in [6.07, 6.45) is 21.4. The Bertz CT molecular complexity index is 824. The summed E-state index contributed by atoms with van der Waals surface area (Å²) in [7, 11) is 0. The second kappa shape index (κ2) is 29.4. The Morgan fingerprint density at radius 3 is 1.81 bits per heavy atom. The van der Waals surface area contributed by atoms with Gasteiger partial charge in [0, 0.05) is 0 Å². The van der Waals surface area contributed by atoms with Crippen LogP contribution in [-0.2, 0) is 14.3 Å². The largest absolute Gasteiger partial charge is 0.394 e. The van der Waals surface area contributed by atoms with Gasteiger partial charge in [0.15, 0.2) is 6.29 Å². The zero-order valence-corrected chi connectivity index (χ0v) is 30.1. The molecule has 48 heavy (non-hydrogen) atoms. The monoisotopic (exact) mass is 686 g/mol. The van der Waals surface area contributed by atoms with Gasteiger partial charge in [0.1, 0.15) is 30.5 Å². The highest BCUT2D eigenvalue weighted by Gasteiger charge is 2.44. The van der Waals surface area contributed by atoms with Crippen LogP contribution < -0.4 is 5.32 Å². The molecule has 1 heterocycles. The van der Waals surface area contributed by atoms with Crippen LogP contribution in [0.5, 0.6) is 0 Å². The van der Waals surface area contributed by atoms with Crippen LogP contribution >= 0.6 is 0 Å². The normalized spacial score (nSPS) is 23.5. The van der Waals surface area contributed by atoms with Crippen LogP contribution in [0, 0.1) is 0 Å². The van der Waals surface area contributed by atoms with Crippen LogP contribution in [0.2, 0.25) is 0 Å². The zero-order valence-electron chi connectivity index (χ0n) is 30.1. The summed E-state index contributed by atoms with van der Waals surface area (Å²) in [5, 5.41) is 64.1. The molecule has 1 rings (SSSR count). The third kappa shape index (κ3) is 20.3. The first-order valence-electron chi connectivity index (χ1n) is 19.2. The van der Waals surface area contributed by atoms with Crippen molar-refractivity contribution in [2.24, 2.45) is 0 Å². The first kappa shape index (κ1) is 44.7. The lowest BCUT2D eigenvalue weighted by Gasteiger charge is -2.40. The van der Waals surface area contributed by atoms with E-state index in [9.17, 15) is 35.4 Å². The minimum absolute atomic E-state index is 0.305. The molecule has 0 spiro atoms. The maximum Gasteiger partial charge on any atom is 0.249 e. The van der Waals surface area contributed by atoms with Crippen molar-refractivity contribution in [1.29, 1.82) is 0 Å². The molecule has 0 aromatic carbocycles. The number of hydrogen-bond donors (Lipinski definition) is 7. The SMILES string of the molecule is CCCCCCCCCC/C=C/CC/C=C/C(O)C(COC1OC(CO)C(O)C(O)C1O)NC(=O)C(O)CCCCCCCCCCC. The Kier molecular flexibility index (Phi) is 27.3. The molecule has 0 aromatic heterocycles. The summed E-state index contributed by atoms with van der Waals surface area (Å²) in [6.45, 7) is 3.52. The van der Waals surface area contributed by atoms with Gasteiger partial charge >= 0.3 is 0 Å². The first-order chi connectivity index (χ1) is 23.3. The van der Waals surface area contributed by atoms with Crippen LogP contribution in [0.4, 0.5) is 0 Å². The van der Waals surface area contributed by atoms with Crippen molar-refractivity contribution >= 4 is 5.91 Å². The number of aliphatic hydroxyl groups is 6. The summed E-state index contributed by atoms with van der Waals surface area (Å²) in [6, 6.07) is -0.989. The van der Waals surface area contributed by atoms with Crippen LogP contribution in [0.15, 0.2) is 24.3 Å². The predicted molar refractivity (Wildman–Crippen MR) is 190 cm³/mol. The first-order valence-corrected chi connectivity index (χ1v) is 19.2. The van der Waals surface area contributed by atoms with Crippen LogP contribution in [0.1, 0.15) is 149 Å². The minimum atomic E-state index is -1.61. The van der Waals surface area contributed by atoms with Crippen LogP contribution in [-0.4, -0.2) is 98.7 Å². The molecular formula is C38H71NO9. The van der Waals surface area contributed by atoms with Gasteiger partial charge in [-0.05, 0) is 32.1 Å². The minimum Gasteiger partial charge on any atom is -0.394 e. The number of aliphatic hydroxyl groups excluding tert-OH is 6. The van der Waals surface area contributed by atoms with E-state index in [4.69, 9.17) is 9.47 Å². The number of carbonyl (C=O) groups is 1. The molecule has 1 fully saturated rings. The number of amides is 1. The fraction of sp³-hybridized carbons (Fsp3) is 0.868. The molecule has 0 saturated carbocycles. The van der Waals surface area contributed by atoms with E-state index >= 15 is 0 Å². The smallest absolute Gasteiger partial charge is 0.249 e. The summed E-state index contributed by atoms with van der Waals surface area (Å²) >= 11 is 0. The average molecular weight is 686 g/mol. The molecule has 7 N–H and O–H groups in total. The van der Waals surface area contributed by atoms with Gasteiger partial charge in [-0.15, -0.1) is 0 Å². The van der Waals surface area contributed by atoms with Crippen molar-refractivity contribution in [3.8, 4) is 0 Å². The lowest BCUT2D eigenvalue weighted by atomic mass is 9.99. The zero-order chi connectivity index (χ0) is 35.4. The quantitative estimate of drug-likeness (QED) is 0.0389. The third-order valence-corrected chi connectivity index (χ3v) is 9.14. The van der Waals surface area contributed by atoms with E-state index in [2.05, 4.69) is 31.3 Å². The highest BCUT2D eigenvalue weighted by molar-refractivity contribution is 5.80. The summed E-state index contributed by atoms with van der Waals surface area (Å²) in [4.78, 5) is 12.9. The number of allylic oxidation sites excluding steroid dienone is 3. The summed E-state index contributed by atoms with van der Waals surface area (Å²) < 4.78 is 11.0. The number of unbranched alkanes of at least 4 members (excludes halogenated alkanes) is 17. The second-order valence-electron chi connectivity index (χ2n) is 13.5. The Morgan fingerprint density at radius 1 is 0.708 bits per heavy atom. The molecule has 0 radical (unpaired) electrons.